The van der Waals surface area contributed by atoms with E-state index in [1.807, 2.05) is 13.8 Å². The summed E-state index contributed by atoms with van der Waals surface area (Å²) in [6, 6.07) is 2.09. The maximum absolute atomic E-state index is 13.8. The zero-order chi connectivity index (χ0) is 13.3. The Morgan fingerprint density at radius 3 is 2.44 bits per heavy atom. The Morgan fingerprint density at radius 2 is 1.89 bits per heavy atom. The highest BCUT2D eigenvalue weighted by atomic mass is 19.2. The van der Waals surface area contributed by atoms with Gasteiger partial charge in [-0.3, -0.25) is 0 Å². The van der Waals surface area contributed by atoms with Gasteiger partial charge in [-0.05, 0) is 37.3 Å². The summed E-state index contributed by atoms with van der Waals surface area (Å²) in [5.41, 5.74) is 0.232. The fourth-order valence-corrected chi connectivity index (χ4v) is 2.47. The molecule has 0 saturated heterocycles. The molecule has 4 heteroatoms. The van der Waals surface area contributed by atoms with Crippen LogP contribution < -0.4 is 5.32 Å². The second-order valence-corrected chi connectivity index (χ2v) is 5.00. The summed E-state index contributed by atoms with van der Waals surface area (Å²) in [5.74, 6) is -2.79. The normalized spacial score (nSPS) is 18.7. The summed E-state index contributed by atoms with van der Waals surface area (Å²) in [5, 5.41) is 3.18. The van der Waals surface area contributed by atoms with Crippen molar-refractivity contribution >= 4 is 0 Å². The summed E-state index contributed by atoms with van der Waals surface area (Å²) >= 11 is 0. The van der Waals surface area contributed by atoms with Crippen LogP contribution in [-0.4, -0.2) is 6.54 Å². The second kappa shape index (κ2) is 5.31. The van der Waals surface area contributed by atoms with Crippen LogP contribution in [0.5, 0.6) is 0 Å². The van der Waals surface area contributed by atoms with Gasteiger partial charge in [-0.2, -0.15) is 0 Å². The van der Waals surface area contributed by atoms with E-state index in [0.717, 1.165) is 18.9 Å². The van der Waals surface area contributed by atoms with Gasteiger partial charge in [0.2, 0.25) is 0 Å². The van der Waals surface area contributed by atoms with Crippen LogP contribution in [0.3, 0.4) is 0 Å². The highest BCUT2D eigenvalue weighted by molar-refractivity contribution is 5.24. The Kier molecular flexibility index (Phi) is 3.95. The van der Waals surface area contributed by atoms with Gasteiger partial charge in [0.1, 0.15) is 0 Å². The maximum Gasteiger partial charge on any atom is 0.194 e. The number of halogens is 3. The van der Waals surface area contributed by atoms with E-state index in [1.54, 1.807) is 0 Å². The van der Waals surface area contributed by atoms with E-state index >= 15 is 0 Å². The Morgan fingerprint density at radius 1 is 1.22 bits per heavy atom. The van der Waals surface area contributed by atoms with Crippen LogP contribution in [0.25, 0.3) is 0 Å². The molecule has 0 amide bonds. The topological polar surface area (TPSA) is 12.0 Å². The average Bonchev–Trinajstić information content (AvgIpc) is 3.17. The van der Waals surface area contributed by atoms with Crippen LogP contribution in [0, 0.1) is 29.3 Å². The maximum atomic E-state index is 13.8. The minimum atomic E-state index is -1.38. The Bertz CT molecular complexity index is 429. The first-order valence-corrected chi connectivity index (χ1v) is 6.43. The largest absolute Gasteiger partial charge is 0.310 e. The van der Waals surface area contributed by atoms with Gasteiger partial charge in [0.25, 0.3) is 0 Å². The molecule has 2 unspecified atom stereocenters. The van der Waals surface area contributed by atoms with Crippen molar-refractivity contribution < 1.29 is 13.2 Å². The molecule has 1 fully saturated rings. The molecule has 0 radical (unpaired) electrons. The highest BCUT2D eigenvalue weighted by Crippen LogP contribution is 2.43. The first kappa shape index (κ1) is 13.4. The van der Waals surface area contributed by atoms with Gasteiger partial charge in [-0.1, -0.05) is 19.9 Å². The van der Waals surface area contributed by atoms with Crippen LogP contribution in [0.1, 0.15) is 38.3 Å². The molecule has 1 aliphatic rings. The standard InChI is InChI=1S/C14H18F3N/c1-3-18-14(8(2)9-4-5-9)10-6-7-11(15)13(17)12(10)16/h6-9,14,18H,3-5H2,1-2H3. The molecule has 0 spiro atoms. The van der Waals surface area contributed by atoms with Gasteiger partial charge >= 0.3 is 0 Å². The van der Waals surface area contributed by atoms with E-state index in [-0.39, 0.29) is 17.5 Å². The van der Waals surface area contributed by atoms with E-state index in [0.29, 0.717) is 12.5 Å². The van der Waals surface area contributed by atoms with Gasteiger partial charge in [-0.25, -0.2) is 13.2 Å². The molecule has 1 saturated carbocycles. The predicted octanol–water partition coefficient (Wildman–Crippen LogP) is 3.80. The molecule has 0 aromatic heterocycles. The summed E-state index contributed by atoms with van der Waals surface area (Å²) in [4.78, 5) is 0. The number of hydrogen-bond acceptors (Lipinski definition) is 1. The van der Waals surface area contributed by atoms with E-state index < -0.39 is 17.5 Å². The van der Waals surface area contributed by atoms with Crippen molar-refractivity contribution in [3.05, 3.63) is 35.1 Å². The third-order valence-corrected chi connectivity index (χ3v) is 3.72. The molecule has 2 atom stereocenters. The lowest BCUT2D eigenvalue weighted by atomic mass is 9.90. The minimum Gasteiger partial charge on any atom is -0.310 e. The van der Waals surface area contributed by atoms with Crippen LogP contribution in [0.15, 0.2) is 12.1 Å². The zero-order valence-electron chi connectivity index (χ0n) is 10.6. The second-order valence-electron chi connectivity index (χ2n) is 5.00. The smallest absolute Gasteiger partial charge is 0.194 e. The number of rotatable bonds is 5. The predicted molar refractivity (Wildman–Crippen MR) is 64.6 cm³/mol. The zero-order valence-corrected chi connectivity index (χ0v) is 10.6. The van der Waals surface area contributed by atoms with E-state index in [4.69, 9.17) is 0 Å². The number of nitrogens with one attached hydrogen (secondary N) is 1. The fourth-order valence-electron chi connectivity index (χ4n) is 2.47. The van der Waals surface area contributed by atoms with Crippen molar-refractivity contribution in [1.82, 2.24) is 5.32 Å². The molecule has 0 heterocycles. The number of benzene rings is 1. The van der Waals surface area contributed by atoms with Crippen molar-refractivity contribution in [3.8, 4) is 0 Å². The van der Waals surface area contributed by atoms with Crippen LogP contribution in [0.2, 0.25) is 0 Å². The molecule has 18 heavy (non-hydrogen) atoms. The third kappa shape index (κ3) is 2.53. The lowest BCUT2D eigenvalue weighted by Crippen LogP contribution is -2.29. The Hall–Kier alpha value is -1.03. The van der Waals surface area contributed by atoms with Crippen LogP contribution in [0.4, 0.5) is 13.2 Å². The molecule has 0 bridgehead atoms. The van der Waals surface area contributed by atoms with Crippen molar-refractivity contribution in [1.29, 1.82) is 0 Å². The molecule has 1 aromatic rings. The van der Waals surface area contributed by atoms with E-state index in [9.17, 15) is 13.2 Å². The average molecular weight is 257 g/mol. The first-order chi connectivity index (χ1) is 8.56. The van der Waals surface area contributed by atoms with E-state index in [1.165, 1.54) is 6.07 Å². The lowest BCUT2D eigenvalue weighted by molar-refractivity contribution is 0.337. The Balaban J connectivity index is 2.32. The van der Waals surface area contributed by atoms with Crippen molar-refractivity contribution in [2.45, 2.75) is 32.7 Å². The van der Waals surface area contributed by atoms with Crippen molar-refractivity contribution in [3.63, 3.8) is 0 Å². The summed E-state index contributed by atoms with van der Waals surface area (Å²) in [6.45, 7) is 4.62. The SMILES string of the molecule is CCNC(c1ccc(F)c(F)c1F)C(C)C1CC1. The van der Waals surface area contributed by atoms with Gasteiger partial charge in [-0.15, -0.1) is 0 Å². The Labute approximate surface area is 105 Å². The molecular formula is C14H18F3N. The van der Waals surface area contributed by atoms with Crippen molar-refractivity contribution in [2.75, 3.05) is 6.54 Å². The molecular weight excluding hydrogens is 239 g/mol. The molecule has 1 aliphatic carbocycles. The fraction of sp³-hybridized carbons (Fsp3) is 0.571. The highest BCUT2D eigenvalue weighted by Gasteiger charge is 2.35. The van der Waals surface area contributed by atoms with Gasteiger partial charge in [0, 0.05) is 11.6 Å². The monoisotopic (exact) mass is 257 g/mol. The van der Waals surface area contributed by atoms with Crippen LogP contribution in [-0.2, 0) is 0 Å². The van der Waals surface area contributed by atoms with Gasteiger partial charge < -0.3 is 5.32 Å². The third-order valence-electron chi connectivity index (χ3n) is 3.72. The quantitative estimate of drug-likeness (QED) is 0.791. The summed E-state index contributed by atoms with van der Waals surface area (Å²) in [7, 11) is 0. The first-order valence-electron chi connectivity index (χ1n) is 6.43. The van der Waals surface area contributed by atoms with Crippen molar-refractivity contribution in [2.24, 2.45) is 11.8 Å². The lowest BCUT2D eigenvalue weighted by Gasteiger charge is -2.25. The number of hydrogen-bond donors (Lipinski definition) is 1. The van der Waals surface area contributed by atoms with Gasteiger partial charge in [0.15, 0.2) is 17.5 Å². The molecule has 0 aliphatic heterocycles. The van der Waals surface area contributed by atoms with Crippen LogP contribution >= 0.6 is 0 Å². The molecule has 1 N–H and O–H groups in total. The summed E-state index contributed by atoms with van der Waals surface area (Å²) in [6.07, 6.45) is 2.27. The molecule has 1 nitrogen and oxygen atoms in total. The van der Waals surface area contributed by atoms with Gasteiger partial charge in [0.05, 0.1) is 0 Å². The summed E-state index contributed by atoms with van der Waals surface area (Å²) < 4.78 is 40.1. The molecule has 2 rings (SSSR count). The van der Waals surface area contributed by atoms with E-state index in [2.05, 4.69) is 5.32 Å². The minimum absolute atomic E-state index is 0.226. The molecule has 100 valence electrons. The molecule has 1 aromatic carbocycles.